The van der Waals surface area contributed by atoms with Crippen LogP contribution in [-0.2, 0) is 10.2 Å². The van der Waals surface area contributed by atoms with Crippen molar-refractivity contribution in [3.63, 3.8) is 0 Å². The van der Waals surface area contributed by atoms with E-state index < -0.39 is 0 Å². The van der Waals surface area contributed by atoms with Gasteiger partial charge in [0, 0.05) is 18.1 Å². The van der Waals surface area contributed by atoms with Crippen LogP contribution in [0.5, 0.6) is 5.75 Å². The molecule has 1 heterocycles. The Kier molecular flexibility index (Phi) is 7.11. The van der Waals surface area contributed by atoms with Crippen LogP contribution in [0.4, 0.5) is 5.69 Å². The van der Waals surface area contributed by atoms with Crippen LogP contribution in [0.2, 0.25) is 0 Å². The summed E-state index contributed by atoms with van der Waals surface area (Å²) in [6, 6.07) is 22.8. The van der Waals surface area contributed by atoms with Crippen LogP contribution in [0.3, 0.4) is 0 Å². The van der Waals surface area contributed by atoms with E-state index in [4.69, 9.17) is 9.47 Å². The fourth-order valence-corrected chi connectivity index (χ4v) is 4.49. The Hall–Kier alpha value is -3.73. The summed E-state index contributed by atoms with van der Waals surface area (Å²) in [5, 5.41) is 4.23. The molecule has 5 nitrogen and oxygen atoms in total. The molecule has 36 heavy (non-hydrogen) atoms. The monoisotopic (exact) mass is 484 g/mol. The highest BCUT2D eigenvalue weighted by molar-refractivity contribution is 6.09. The van der Waals surface area contributed by atoms with E-state index in [0.717, 1.165) is 39.2 Å². The van der Waals surface area contributed by atoms with Gasteiger partial charge in [0.15, 0.2) is 5.69 Å². The molecule has 1 N–H and O–H groups in total. The maximum Gasteiger partial charge on any atom is 0.357 e. The van der Waals surface area contributed by atoms with E-state index in [9.17, 15) is 4.79 Å². The maximum absolute atomic E-state index is 13.2. The van der Waals surface area contributed by atoms with E-state index in [2.05, 4.69) is 68.6 Å². The highest BCUT2D eigenvalue weighted by Gasteiger charge is 2.25. The van der Waals surface area contributed by atoms with Gasteiger partial charge in [-0.05, 0) is 79.3 Å². The van der Waals surface area contributed by atoms with Gasteiger partial charge >= 0.3 is 5.97 Å². The van der Waals surface area contributed by atoms with Gasteiger partial charge in [0.2, 0.25) is 0 Å². The molecule has 4 rings (SSSR count). The number of carbonyl (C=O) groups is 1. The van der Waals surface area contributed by atoms with Crippen molar-refractivity contribution in [1.82, 2.24) is 4.57 Å². The van der Waals surface area contributed by atoms with Gasteiger partial charge in [-0.15, -0.1) is 0 Å². The van der Waals surface area contributed by atoms with E-state index in [0.29, 0.717) is 12.3 Å². The zero-order chi connectivity index (χ0) is 26.0. The molecule has 4 aromatic rings. The molecule has 0 amide bonds. The zero-order valence-corrected chi connectivity index (χ0v) is 22.3. The third-order valence-electron chi connectivity index (χ3n) is 6.24. The summed E-state index contributed by atoms with van der Waals surface area (Å²) in [5.74, 6) is 0.425. The largest absolute Gasteiger partial charge is 0.491 e. The fraction of sp³-hybridized carbons (Fsp3) is 0.323. The molecular formula is C31H36N2O3. The lowest BCUT2D eigenvalue weighted by molar-refractivity contribution is 0.0518. The van der Waals surface area contributed by atoms with Crippen LogP contribution < -0.4 is 10.1 Å². The molecule has 3 aromatic carbocycles. The lowest BCUT2D eigenvalue weighted by Gasteiger charge is -2.19. The molecule has 0 unspecified atom stereocenters. The summed E-state index contributed by atoms with van der Waals surface area (Å²) in [6.45, 7) is 12.8. The van der Waals surface area contributed by atoms with E-state index in [-0.39, 0.29) is 17.5 Å². The first-order chi connectivity index (χ1) is 17.1. The van der Waals surface area contributed by atoms with Gasteiger partial charge in [0.05, 0.1) is 23.9 Å². The Morgan fingerprint density at radius 1 is 0.944 bits per heavy atom. The van der Waals surface area contributed by atoms with Gasteiger partial charge in [0.25, 0.3) is 0 Å². The maximum atomic E-state index is 13.2. The second-order valence-electron chi connectivity index (χ2n) is 10.2. The third-order valence-corrected chi connectivity index (χ3v) is 6.24. The molecule has 0 aliphatic carbocycles. The van der Waals surface area contributed by atoms with Crippen molar-refractivity contribution in [3.8, 4) is 22.6 Å². The van der Waals surface area contributed by atoms with Crippen LogP contribution in [0, 0.1) is 0 Å². The number of fused-ring (bicyclic) bond motifs is 1. The third kappa shape index (κ3) is 4.97. The summed E-state index contributed by atoms with van der Waals surface area (Å²) >= 11 is 0. The van der Waals surface area contributed by atoms with Crippen molar-refractivity contribution in [2.24, 2.45) is 0 Å². The van der Waals surface area contributed by atoms with Crippen LogP contribution >= 0.6 is 0 Å². The van der Waals surface area contributed by atoms with Gasteiger partial charge in [-0.2, -0.15) is 0 Å². The lowest BCUT2D eigenvalue weighted by Crippen LogP contribution is -2.13. The smallest absolute Gasteiger partial charge is 0.357 e. The van der Waals surface area contributed by atoms with Crippen LogP contribution in [0.25, 0.3) is 27.7 Å². The number of hydrogen-bond donors (Lipinski definition) is 1. The Bertz CT molecular complexity index is 1360. The second kappa shape index (κ2) is 10.1. The molecule has 0 saturated carbocycles. The van der Waals surface area contributed by atoms with E-state index in [1.807, 2.05) is 56.7 Å². The molecule has 0 saturated heterocycles. The molecule has 0 bridgehead atoms. The topological polar surface area (TPSA) is 52.5 Å². The molecule has 0 atom stereocenters. The number of aromatic nitrogens is 1. The highest BCUT2D eigenvalue weighted by atomic mass is 16.5. The number of benzene rings is 3. The molecular weight excluding hydrogens is 448 g/mol. The van der Waals surface area contributed by atoms with E-state index in [1.54, 1.807) is 0 Å². The van der Waals surface area contributed by atoms with E-state index >= 15 is 0 Å². The molecule has 5 heteroatoms. The second-order valence-corrected chi connectivity index (χ2v) is 10.2. The minimum Gasteiger partial charge on any atom is -0.491 e. The van der Waals surface area contributed by atoms with Crippen LogP contribution in [-0.4, -0.2) is 30.3 Å². The molecule has 1 aromatic heterocycles. The Balaban J connectivity index is 1.88. The van der Waals surface area contributed by atoms with Gasteiger partial charge < -0.3 is 19.4 Å². The number of esters is 1. The molecule has 188 valence electrons. The minimum absolute atomic E-state index is 0.0881. The summed E-state index contributed by atoms with van der Waals surface area (Å²) < 4.78 is 13.3. The van der Waals surface area contributed by atoms with Gasteiger partial charge in [-0.3, -0.25) is 0 Å². The molecule has 0 fully saturated rings. The number of anilines is 1. The molecule has 0 aliphatic heterocycles. The van der Waals surface area contributed by atoms with Gasteiger partial charge in [-0.25, -0.2) is 4.79 Å². The fourth-order valence-electron chi connectivity index (χ4n) is 4.49. The predicted molar refractivity (Wildman–Crippen MR) is 149 cm³/mol. The SMILES string of the molecule is CCOC(=O)c1c(NC)c2cc(-c3ccc(C(C)(C)C)cc3)ccc2n1-c1ccc(OC(C)C)cc1. The van der Waals surface area contributed by atoms with Crippen molar-refractivity contribution in [1.29, 1.82) is 0 Å². The first-order valence-corrected chi connectivity index (χ1v) is 12.6. The number of rotatable bonds is 7. The van der Waals surface area contributed by atoms with Crippen molar-refractivity contribution in [2.45, 2.75) is 53.1 Å². The highest BCUT2D eigenvalue weighted by Crippen LogP contribution is 2.37. The normalized spacial score (nSPS) is 11.7. The van der Waals surface area contributed by atoms with Crippen molar-refractivity contribution in [2.75, 3.05) is 19.0 Å². The number of hydrogen-bond acceptors (Lipinski definition) is 4. The first-order valence-electron chi connectivity index (χ1n) is 12.6. The summed E-state index contributed by atoms with van der Waals surface area (Å²) in [6.07, 6.45) is 0.0881. The Morgan fingerprint density at radius 2 is 1.58 bits per heavy atom. The zero-order valence-electron chi connectivity index (χ0n) is 22.3. The summed E-state index contributed by atoms with van der Waals surface area (Å²) in [4.78, 5) is 13.2. The first kappa shape index (κ1) is 25.4. The number of carbonyl (C=O) groups excluding carboxylic acids is 1. The van der Waals surface area contributed by atoms with Crippen LogP contribution in [0.1, 0.15) is 57.6 Å². The molecule has 0 spiro atoms. The molecule has 0 aliphatic rings. The van der Waals surface area contributed by atoms with Crippen molar-refractivity contribution < 1.29 is 14.3 Å². The van der Waals surface area contributed by atoms with Crippen molar-refractivity contribution in [3.05, 3.63) is 78.0 Å². The summed E-state index contributed by atoms with van der Waals surface area (Å²) in [7, 11) is 1.84. The van der Waals surface area contributed by atoms with Gasteiger partial charge in [-0.1, -0.05) is 51.1 Å². The quantitative estimate of drug-likeness (QED) is 0.274. The minimum atomic E-state index is -0.364. The van der Waals surface area contributed by atoms with Crippen molar-refractivity contribution >= 4 is 22.6 Å². The van der Waals surface area contributed by atoms with Crippen LogP contribution in [0.15, 0.2) is 66.7 Å². The van der Waals surface area contributed by atoms with Gasteiger partial charge in [0.1, 0.15) is 5.75 Å². The standard InChI is InChI=1S/C31H36N2O3/c1-8-35-30(34)29-28(32-7)26-19-22(21-9-12-23(13-10-21)31(4,5)6)11-18-27(26)33(29)24-14-16-25(17-15-24)36-20(2)3/h9-20,32H,8H2,1-7H3. The average Bonchev–Trinajstić information content (AvgIpc) is 3.17. The Morgan fingerprint density at radius 3 is 2.14 bits per heavy atom. The predicted octanol–water partition coefficient (Wildman–Crippen LogP) is 7.60. The number of nitrogens with one attached hydrogen (secondary N) is 1. The number of nitrogens with zero attached hydrogens (tertiary/aromatic N) is 1. The summed E-state index contributed by atoms with van der Waals surface area (Å²) in [5.41, 5.74) is 6.64. The van der Waals surface area contributed by atoms with E-state index in [1.165, 1.54) is 5.56 Å². The average molecular weight is 485 g/mol. The lowest BCUT2D eigenvalue weighted by atomic mass is 9.86. The Labute approximate surface area is 214 Å². The number of ether oxygens (including phenoxy) is 2. The molecule has 0 radical (unpaired) electrons.